The van der Waals surface area contributed by atoms with E-state index in [0.717, 1.165) is 52.2 Å². The topological polar surface area (TPSA) is 56.1 Å². The molecule has 7 nitrogen and oxygen atoms in total. The van der Waals surface area contributed by atoms with Gasteiger partial charge in [-0.1, -0.05) is 35.9 Å². The highest BCUT2D eigenvalue weighted by atomic mass is 35.5. The predicted octanol–water partition coefficient (Wildman–Crippen LogP) is 4.79. The highest BCUT2D eigenvalue weighted by Gasteiger charge is 2.23. The van der Waals surface area contributed by atoms with E-state index >= 15 is 0 Å². The van der Waals surface area contributed by atoms with Gasteiger partial charge in [-0.25, -0.2) is 4.98 Å². The number of aromatic nitrogens is 2. The lowest BCUT2D eigenvalue weighted by Gasteiger charge is -2.37. The third-order valence-corrected chi connectivity index (χ3v) is 6.97. The van der Waals surface area contributed by atoms with Crippen LogP contribution in [-0.4, -0.2) is 67.0 Å². The van der Waals surface area contributed by atoms with Gasteiger partial charge >= 0.3 is 0 Å². The second kappa shape index (κ2) is 10.1. The lowest BCUT2D eigenvalue weighted by atomic mass is 10.1. The van der Waals surface area contributed by atoms with Crippen LogP contribution in [0, 0.1) is 6.92 Å². The van der Waals surface area contributed by atoms with Gasteiger partial charge in [-0.2, -0.15) is 0 Å². The monoisotopic (exact) mass is 502 g/mol. The minimum absolute atomic E-state index is 0.0808. The van der Waals surface area contributed by atoms with Gasteiger partial charge in [0.15, 0.2) is 0 Å². The molecular weight excluding hydrogens is 472 g/mol. The molecule has 0 atom stereocenters. The first kappa shape index (κ1) is 24.0. The summed E-state index contributed by atoms with van der Waals surface area (Å²) >= 11 is 6.22. The molecule has 36 heavy (non-hydrogen) atoms. The smallest absolute Gasteiger partial charge is 0.242 e. The SMILES string of the molecule is Cc1ccc(Cl)cc1N1CCN(C(=O)CNc2c(-c3ccc(N(C)C)cc3)nc3ccccn23)CC1. The summed E-state index contributed by atoms with van der Waals surface area (Å²) in [6.07, 6.45) is 1.97. The number of fused-ring (bicyclic) bond motifs is 1. The van der Waals surface area contributed by atoms with Gasteiger partial charge in [-0.05, 0) is 48.9 Å². The maximum atomic E-state index is 13.1. The number of carbonyl (C=O) groups excluding carboxylic acids is 1. The highest BCUT2D eigenvalue weighted by Crippen LogP contribution is 2.30. The van der Waals surface area contributed by atoms with Crippen LogP contribution in [0.3, 0.4) is 0 Å². The number of nitrogens with zero attached hydrogens (tertiary/aromatic N) is 5. The van der Waals surface area contributed by atoms with Crippen molar-refractivity contribution in [2.24, 2.45) is 0 Å². The first-order valence-electron chi connectivity index (χ1n) is 12.2. The molecule has 1 aliphatic heterocycles. The average molecular weight is 503 g/mol. The summed E-state index contributed by atoms with van der Waals surface area (Å²) in [6, 6.07) is 20.2. The second-order valence-electron chi connectivity index (χ2n) is 9.33. The van der Waals surface area contributed by atoms with Crippen molar-refractivity contribution >= 4 is 40.3 Å². The largest absolute Gasteiger partial charge is 0.378 e. The van der Waals surface area contributed by atoms with Crippen molar-refractivity contribution < 1.29 is 4.79 Å². The fraction of sp³-hybridized carbons (Fsp3) is 0.286. The van der Waals surface area contributed by atoms with Crippen LogP contribution >= 0.6 is 11.6 Å². The van der Waals surface area contributed by atoms with Gasteiger partial charge in [0.05, 0.1) is 6.54 Å². The van der Waals surface area contributed by atoms with Crippen LogP contribution in [0.25, 0.3) is 16.9 Å². The van der Waals surface area contributed by atoms with Crippen LogP contribution in [0.5, 0.6) is 0 Å². The number of nitrogens with one attached hydrogen (secondary N) is 1. The van der Waals surface area contributed by atoms with Gasteiger partial charge in [0.1, 0.15) is 17.2 Å². The zero-order chi connectivity index (χ0) is 25.2. The molecule has 1 amide bonds. The van der Waals surface area contributed by atoms with Crippen LogP contribution in [-0.2, 0) is 4.79 Å². The Bertz CT molecular complexity index is 1370. The van der Waals surface area contributed by atoms with Gasteiger partial charge in [-0.3, -0.25) is 9.20 Å². The lowest BCUT2D eigenvalue weighted by molar-refractivity contribution is -0.129. The maximum absolute atomic E-state index is 13.1. The molecule has 2 aromatic carbocycles. The Hall–Kier alpha value is -3.71. The number of amides is 1. The number of aryl methyl sites for hydroxylation is 1. The van der Waals surface area contributed by atoms with E-state index in [1.165, 1.54) is 5.56 Å². The molecule has 1 fully saturated rings. The zero-order valence-electron chi connectivity index (χ0n) is 20.9. The average Bonchev–Trinajstić information content (AvgIpc) is 3.27. The van der Waals surface area contributed by atoms with E-state index in [2.05, 4.69) is 46.3 Å². The molecule has 1 N–H and O–H groups in total. The van der Waals surface area contributed by atoms with Crippen molar-refractivity contribution in [3.05, 3.63) is 77.4 Å². The van der Waals surface area contributed by atoms with E-state index in [-0.39, 0.29) is 12.5 Å². The summed E-state index contributed by atoms with van der Waals surface area (Å²) in [5, 5.41) is 4.13. The van der Waals surface area contributed by atoms with Crippen molar-refractivity contribution in [3.63, 3.8) is 0 Å². The van der Waals surface area contributed by atoms with Crippen LogP contribution in [0.4, 0.5) is 17.2 Å². The van der Waals surface area contributed by atoms with Gasteiger partial charge < -0.3 is 20.0 Å². The first-order chi connectivity index (χ1) is 17.4. The second-order valence-corrected chi connectivity index (χ2v) is 9.77. The number of rotatable bonds is 6. The summed E-state index contributed by atoms with van der Waals surface area (Å²) in [5.41, 5.74) is 6.14. The molecular formula is C28H31ClN6O. The van der Waals surface area contributed by atoms with E-state index in [0.29, 0.717) is 13.1 Å². The van der Waals surface area contributed by atoms with Crippen molar-refractivity contribution in [2.75, 3.05) is 61.9 Å². The molecule has 186 valence electrons. The van der Waals surface area contributed by atoms with Gasteiger partial charge in [-0.15, -0.1) is 0 Å². The Morgan fingerprint density at radius 2 is 1.78 bits per heavy atom. The molecule has 0 radical (unpaired) electrons. The number of anilines is 3. The predicted molar refractivity (Wildman–Crippen MR) is 148 cm³/mol. The van der Waals surface area contributed by atoms with E-state index in [4.69, 9.17) is 16.6 Å². The number of hydrogen-bond acceptors (Lipinski definition) is 5. The number of hydrogen-bond donors (Lipinski definition) is 1. The molecule has 0 spiro atoms. The normalized spacial score (nSPS) is 13.8. The molecule has 1 aliphatic rings. The maximum Gasteiger partial charge on any atom is 0.242 e. The fourth-order valence-electron chi connectivity index (χ4n) is 4.67. The summed E-state index contributed by atoms with van der Waals surface area (Å²) in [7, 11) is 4.04. The van der Waals surface area contributed by atoms with E-state index < -0.39 is 0 Å². The Kier molecular flexibility index (Phi) is 6.74. The Labute approximate surface area is 216 Å². The van der Waals surface area contributed by atoms with E-state index in [1.54, 1.807) is 0 Å². The third-order valence-electron chi connectivity index (χ3n) is 6.74. The summed E-state index contributed by atoms with van der Waals surface area (Å²) in [6.45, 7) is 5.23. The molecule has 8 heteroatoms. The number of imidazole rings is 1. The molecule has 0 saturated carbocycles. The standard InChI is InChI=1S/C28H31ClN6O/c1-20-7-10-22(29)18-24(20)33-14-16-34(17-15-33)26(36)19-30-28-27(31-25-6-4-5-13-35(25)28)21-8-11-23(12-9-21)32(2)3/h4-13,18,30H,14-17,19H2,1-3H3. The minimum Gasteiger partial charge on any atom is -0.378 e. The number of carbonyl (C=O) groups is 1. The fourth-order valence-corrected chi connectivity index (χ4v) is 4.84. The Morgan fingerprint density at radius 3 is 2.50 bits per heavy atom. The number of benzene rings is 2. The molecule has 3 heterocycles. The van der Waals surface area contributed by atoms with Crippen LogP contribution < -0.4 is 15.1 Å². The highest BCUT2D eigenvalue weighted by molar-refractivity contribution is 6.30. The van der Waals surface area contributed by atoms with Crippen molar-refractivity contribution in [1.82, 2.24) is 14.3 Å². The molecule has 0 aliphatic carbocycles. The summed E-state index contributed by atoms with van der Waals surface area (Å²) < 4.78 is 2.00. The molecule has 5 rings (SSSR count). The lowest BCUT2D eigenvalue weighted by Crippen LogP contribution is -2.50. The van der Waals surface area contributed by atoms with Crippen molar-refractivity contribution in [2.45, 2.75) is 6.92 Å². The zero-order valence-corrected chi connectivity index (χ0v) is 21.7. The molecule has 0 bridgehead atoms. The van der Waals surface area contributed by atoms with Crippen molar-refractivity contribution in [3.8, 4) is 11.3 Å². The van der Waals surface area contributed by atoms with E-state index in [1.807, 2.05) is 66.0 Å². The molecule has 2 aromatic heterocycles. The van der Waals surface area contributed by atoms with Crippen molar-refractivity contribution in [1.29, 1.82) is 0 Å². The van der Waals surface area contributed by atoms with Crippen LogP contribution in [0.2, 0.25) is 5.02 Å². The number of piperazine rings is 1. The van der Waals surface area contributed by atoms with Gasteiger partial charge in [0.2, 0.25) is 5.91 Å². The Balaban J connectivity index is 1.29. The molecule has 1 saturated heterocycles. The number of halogens is 1. The number of pyridine rings is 1. The van der Waals surface area contributed by atoms with Crippen LogP contribution in [0.1, 0.15) is 5.56 Å². The minimum atomic E-state index is 0.0808. The van der Waals surface area contributed by atoms with E-state index in [9.17, 15) is 4.79 Å². The third kappa shape index (κ3) is 4.84. The summed E-state index contributed by atoms with van der Waals surface area (Å²) in [5.74, 6) is 0.905. The molecule has 0 unspecified atom stereocenters. The van der Waals surface area contributed by atoms with Crippen LogP contribution in [0.15, 0.2) is 66.9 Å². The Morgan fingerprint density at radius 1 is 1.03 bits per heavy atom. The first-order valence-corrected chi connectivity index (χ1v) is 12.6. The van der Waals surface area contributed by atoms with Gasteiger partial charge in [0, 0.05) is 68.4 Å². The molecule has 4 aromatic rings. The van der Waals surface area contributed by atoms with Gasteiger partial charge in [0.25, 0.3) is 0 Å². The quantitative estimate of drug-likeness (QED) is 0.411. The summed E-state index contributed by atoms with van der Waals surface area (Å²) in [4.78, 5) is 24.3.